The number of aromatic nitrogens is 2. The maximum absolute atomic E-state index is 11.7. The molecular weight excluding hydrogens is 368 g/mol. The number of aliphatic hydroxyl groups is 1. The molecule has 120 valence electrons. The zero-order chi connectivity index (χ0) is 16.2. The van der Waals surface area contributed by atoms with Gasteiger partial charge in [-0.1, -0.05) is 15.9 Å². The highest BCUT2D eigenvalue weighted by Crippen LogP contribution is 2.17. The maximum atomic E-state index is 11.7. The molecule has 0 saturated heterocycles. The van der Waals surface area contributed by atoms with Crippen LogP contribution in [0.4, 0.5) is 0 Å². The Labute approximate surface area is 139 Å². The highest BCUT2D eigenvalue weighted by Gasteiger charge is 2.15. The lowest BCUT2D eigenvalue weighted by Crippen LogP contribution is -2.29. The normalized spacial score (nSPS) is 12.3. The van der Waals surface area contributed by atoms with Gasteiger partial charge >= 0.3 is 5.76 Å². The molecule has 0 spiro atoms. The molecule has 0 aliphatic rings. The summed E-state index contributed by atoms with van der Waals surface area (Å²) >= 11 is 3.33. The third-order valence-corrected chi connectivity index (χ3v) is 3.51. The molecule has 0 amide bonds. The van der Waals surface area contributed by atoms with Crippen LogP contribution in [-0.4, -0.2) is 27.6 Å². The molecule has 0 bridgehead atoms. The van der Waals surface area contributed by atoms with Crippen LogP contribution in [0.25, 0.3) is 11.7 Å². The molecule has 7 nitrogen and oxygen atoms in total. The minimum atomic E-state index is -0.911. The topological polar surface area (TPSA) is 90.6 Å². The summed E-state index contributed by atoms with van der Waals surface area (Å²) in [4.78, 5) is 11.7. The number of rotatable bonds is 6. The average molecular weight is 381 g/mol. The second-order valence-corrected chi connectivity index (χ2v) is 5.67. The van der Waals surface area contributed by atoms with Gasteiger partial charge in [0.15, 0.2) is 5.76 Å². The van der Waals surface area contributed by atoms with Crippen LogP contribution < -0.4 is 10.5 Å². The molecule has 1 unspecified atom stereocenters. The first-order valence-electron chi connectivity index (χ1n) is 6.80. The van der Waals surface area contributed by atoms with Gasteiger partial charge in [-0.3, -0.25) is 0 Å². The van der Waals surface area contributed by atoms with Gasteiger partial charge in [-0.05, 0) is 36.4 Å². The number of aliphatic hydroxyl groups excluding tert-OH is 1. The Morgan fingerprint density at radius 2 is 2.09 bits per heavy atom. The summed E-state index contributed by atoms with van der Waals surface area (Å²) in [6.07, 6.45) is 0.542. The van der Waals surface area contributed by atoms with Gasteiger partial charge in [0.2, 0.25) is 0 Å². The van der Waals surface area contributed by atoms with Gasteiger partial charge in [0.1, 0.15) is 18.5 Å². The predicted molar refractivity (Wildman–Crippen MR) is 84.1 cm³/mol. The monoisotopic (exact) mass is 380 g/mol. The minimum absolute atomic E-state index is 0.0248. The van der Waals surface area contributed by atoms with Gasteiger partial charge in [0.05, 0.1) is 12.8 Å². The number of hydrogen-bond acceptors (Lipinski definition) is 6. The van der Waals surface area contributed by atoms with Crippen LogP contribution in [0.3, 0.4) is 0 Å². The van der Waals surface area contributed by atoms with E-state index in [0.717, 1.165) is 9.15 Å². The van der Waals surface area contributed by atoms with E-state index in [1.54, 1.807) is 24.3 Å². The highest BCUT2D eigenvalue weighted by molar-refractivity contribution is 9.10. The zero-order valence-corrected chi connectivity index (χ0v) is 13.5. The van der Waals surface area contributed by atoms with Crippen molar-refractivity contribution in [2.24, 2.45) is 0 Å². The third kappa shape index (κ3) is 3.91. The molecule has 3 aromatic rings. The van der Waals surface area contributed by atoms with Crippen LogP contribution in [0.15, 0.2) is 60.8 Å². The van der Waals surface area contributed by atoms with Crippen LogP contribution in [0, 0.1) is 0 Å². The fourth-order valence-corrected chi connectivity index (χ4v) is 2.16. The van der Waals surface area contributed by atoms with Crippen molar-refractivity contribution in [2.75, 3.05) is 6.61 Å². The standard InChI is InChI=1S/C15H13BrN2O5/c16-10-3-5-12(6-4-10)22-9-11(19)8-18-15(20)23-14(17-18)13-2-1-7-21-13/h1-7,11,19H,8-9H2. The summed E-state index contributed by atoms with van der Waals surface area (Å²) in [5, 5.41) is 14.0. The molecule has 0 aliphatic heterocycles. The maximum Gasteiger partial charge on any atom is 0.437 e. The van der Waals surface area contributed by atoms with Gasteiger partial charge in [0.25, 0.3) is 5.89 Å². The van der Waals surface area contributed by atoms with Crippen molar-refractivity contribution in [3.05, 3.63) is 57.7 Å². The van der Waals surface area contributed by atoms with Crippen molar-refractivity contribution in [3.63, 3.8) is 0 Å². The summed E-state index contributed by atoms with van der Waals surface area (Å²) in [5.41, 5.74) is 0. The fourth-order valence-electron chi connectivity index (χ4n) is 1.90. The Kier molecular flexibility index (Phi) is 4.63. The molecular formula is C15H13BrN2O5. The van der Waals surface area contributed by atoms with E-state index in [4.69, 9.17) is 13.6 Å². The van der Waals surface area contributed by atoms with Crippen molar-refractivity contribution < 1.29 is 18.7 Å². The Bertz CT molecular complexity index is 807. The van der Waals surface area contributed by atoms with Gasteiger partial charge in [-0.15, -0.1) is 5.10 Å². The Hall–Kier alpha value is -2.32. The number of ether oxygens (including phenoxy) is 1. The number of furan rings is 1. The number of halogens is 1. The minimum Gasteiger partial charge on any atom is -0.491 e. The van der Waals surface area contributed by atoms with E-state index in [-0.39, 0.29) is 19.0 Å². The lowest BCUT2D eigenvalue weighted by Gasteiger charge is -2.11. The molecule has 1 atom stereocenters. The summed E-state index contributed by atoms with van der Waals surface area (Å²) in [6.45, 7) is -0.0173. The Balaban J connectivity index is 1.60. The predicted octanol–water partition coefficient (Wildman–Crippen LogP) is 2.30. The molecule has 0 fully saturated rings. The molecule has 2 aromatic heterocycles. The molecule has 2 heterocycles. The van der Waals surface area contributed by atoms with Gasteiger partial charge < -0.3 is 18.7 Å². The van der Waals surface area contributed by atoms with Gasteiger partial charge in [-0.25, -0.2) is 4.79 Å². The van der Waals surface area contributed by atoms with E-state index in [1.165, 1.54) is 6.26 Å². The SMILES string of the molecule is O=c1oc(-c2ccco2)nn1CC(O)COc1ccc(Br)cc1. The molecule has 0 aliphatic carbocycles. The van der Waals surface area contributed by atoms with Crippen LogP contribution in [0.5, 0.6) is 5.75 Å². The van der Waals surface area contributed by atoms with Crippen LogP contribution in [0.2, 0.25) is 0 Å². The van der Waals surface area contributed by atoms with E-state index in [0.29, 0.717) is 11.5 Å². The third-order valence-electron chi connectivity index (χ3n) is 2.98. The van der Waals surface area contributed by atoms with E-state index < -0.39 is 11.9 Å². The van der Waals surface area contributed by atoms with Crippen LogP contribution >= 0.6 is 15.9 Å². The molecule has 1 aromatic carbocycles. The van der Waals surface area contributed by atoms with Crippen LogP contribution in [0.1, 0.15) is 0 Å². The van der Waals surface area contributed by atoms with Crippen LogP contribution in [-0.2, 0) is 6.54 Å². The Morgan fingerprint density at radius 3 is 2.78 bits per heavy atom. The van der Waals surface area contributed by atoms with E-state index in [9.17, 15) is 9.90 Å². The molecule has 3 rings (SSSR count). The molecule has 0 radical (unpaired) electrons. The van der Waals surface area contributed by atoms with E-state index in [1.807, 2.05) is 12.1 Å². The summed E-state index contributed by atoms with van der Waals surface area (Å²) in [5.74, 6) is 0.373. The highest BCUT2D eigenvalue weighted by atomic mass is 79.9. The van der Waals surface area contributed by atoms with E-state index in [2.05, 4.69) is 21.0 Å². The van der Waals surface area contributed by atoms with Crippen molar-refractivity contribution in [1.29, 1.82) is 0 Å². The van der Waals surface area contributed by atoms with Crippen molar-refractivity contribution in [2.45, 2.75) is 12.6 Å². The lowest BCUT2D eigenvalue weighted by atomic mass is 10.3. The summed E-state index contributed by atoms with van der Waals surface area (Å²) in [6, 6.07) is 10.5. The molecule has 23 heavy (non-hydrogen) atoms. The first-order chi connectivity index (χ1) is 11.1. The van der Waals surface area contributed by atoms with E-state index >= 15 is 0 Å². The second kappa shape index (κ2) is 6.84. The zero-order valence-electron chi connectivity index (χ0n) is 11.9. The average Bonchev–Trinajstić information content (AvgIpc) is 3.17. The van der Waals surface area contributed by atoms with Crippen molar-refractivity contribution in [3.8, 4) is 17.4 Å². The first-order valence-corrected chi connectivity index (χ1v) is 7.59. The summed E-state index contributed by atoms with van der Waals surface area (Å²) in [7, 11) is 0. The van der Waals surface area contributed by atoms with Crippen molar-refractivity contribution >= 4 is 15.9 Å². The summed E-state index contributed by atoms with van der Waals surface area (Å²) < 4.78 is 17.5. The molecule has 1 N–H and O–H groups in total. The van der Waals surface area contributed by atoms with Crippen molar-refractivity contribution in [1.82, 2.24) is 9.78 Å². The number of benzene rings is 1. The fraction of sp³-hybridized carbons (Fsp3) is 0.200. The quantitative estimate of drug-likeness (QED) is 0.705. The largest absolute Gasteiger partial charge is 0.491 e. The lowest BCUT2D eigenvalue weighted by molar-refractivity contribution is 0.0875. The Morgan fingerprint density at radius 1 is 1.30 bits per heavy atom. The van der Waals surface area contributed by atoms with Gasteiger partial charge in [0, 0.05) is 4.47 Å². The number of nitrogens with zero attached hydrogens (tertiary/aromatic N) is 2. The molecule has 8 heteroatoms. The van der Waals surface area contributed by atoms with Gasteiger partial charge in [-0.2, -0.15) is 4.68 Å². The second-order valence-electron chi connectivity index (χ2n) is 4.75. The smallest absolute Gasteiger partial charge is 0.437 e. The first kappa shape index (κ1) is 15.6. The molecule has 0 saturated carbocycles. The number of hydrogen-bond donors (Lipinski definition) is 1.